The predicted molar refractivity (Wildman–Crippen MR) is 101 cm³/mol. The van der Waals surface area contributed by atoms with E-state index in [4.69, 9.17) is 4.74 Å². The van der Waals surface area contributed by atoms with Crippen LogP contribution in [0, 0.1) is 10.1 Å². The third-order valence-corrected chi connectivity index (χ3v) is 4.32. The number of nitro groups is 1. The van der Waals surface area contributed by atoms with E-state index in [2.05, 4.69) is 10.3 Å². The minimum atomic E-state index is -0.645. The summed E-state index contributed by atoms with van der Waals surface area (Å²) in [6.07, 6.45) is 2.82. The number of thiazole rings is 1. The summed E-state index contributed by atoms with van der Waals surface area (Å²) >= 11 is 1.10. The highest BCUT2D eigenvalue weighted by atomic mass is 32.1. The van der Waals surface area contributed by atoms with Crippen LogP contribution in [-0.4, -0.2) is 28.4 Å². The molecule has 0 saturated carbocycles. The molecule has 0 atom stereocenters. The number of esters is 1. The molecule has 0 fully saturated rings. The highest BCUT2D eigenvalue weighted by molar-refractivity contribution is 7.22. The standard InChI is InChI=1S/C18H13N3O5S/c22-16(11-26-17(23)9-6-12-4-2-1-3-5-12)20-18-19-14-8-7-13(21(24)25)10-15(14)27-18/h1-10H,11H2,(H,19,20,22). The van der Waals surface area contributed by atoms with Gasteiger partial charge in [0.25, 0.3) is 11.6 Å². The Balaban J connectivity index is 1.54. The van der Waals surface area contributed by atoms with Gasteiger partial charge in [-0.1, -0.05) is 41.7 Å². The fraction of sp³-hybridized carbons (Fsp3) is 0.0556. The first-order valence-electron chi connectivity index (χ1n) is 7.76. The fourth-order valence-electron chi connectivity index (χ4n) is 2.15. The first-order valence-corrected chi connectivity index (χ1v) is 8.57. The van der Waals surface area contributed by atoms with Gasteiger partial charge in [-0.25, -0.2) is 9.78 Å². The Labute approximate surface area is 157 Å². The van der Waals surface area contributed by atoms with E-state index in [0.29, 0.717) is 10.2 Å². The lowest BCUT2D eigenvalue weighted by Crippen LogP contribution is -2.19. The molecule has 9 heteroatoms. The van der Waals surface area contributed by atoms with E-state index >= 15 is 0 Å². The van der Waals surface area contributed by atoms with Crippen LogP contribution in [0.5, 0.6) is 0 Å². The molecular weight excluding hydrogens is 370 g/mol. The molecule has 0 spiro atoms. The predicted octanol–water partition coefficient (Wildman–Crippen LogP) is 3.40. The van der Waals surface area contributed by atoms with Crippen LogP contribution in [-0.2, 0) is 14.3 Å². The van der Waals surface area contributed by atoms with Gasteiger partial charge in [-0.2, -0.15) is 0 Å². The number of nitro benzene ring substituents is 1. The van der Waals surface area contributed by atoms with E-state index in [1.807, 2.05) is 30.3 Å². The topological polar surface area (TPSA) is 111 Å². The maximum Gasteiger partial charge on any atom is 0.331 e. The number of rotatable bonds is 6. The molecule has 0 radical (unpaired) electrons. The molecular formula is C18H13N3O5S. The number of nitrogens with one attached hydrogen (secondary N) is 1. The molecule has 0 aliphatic carbocycles. The van der Waals surface area contributed by atoms with E-state index in [0.717, 1.165) is 16.9 Å². The second-order valence-corrected chi connectivity index (χ2v) is 6.36. The number of amides is 1. The van der Waals surface area contributed by atoms with Crippen molar-refractivity contribution in [2.45, 2.75) is 0 Å². The van der Waals surface area contributed by atoms with Crippen LogP contribution in [0.1, 0.15) is 5.56 Å². The third-order valence-electron chi connectivity index (χ3n) is 3.39. The molecule has 136 valence electrons. The summed E-state index contributed by atoms with van der Waals surface area (Å²) in [5.41, 5.74) is 1.31. The van der Waals surface area contributed by atoms with Crippen LogP contribution in [0.3, 0.4) is 0 Å². The van der Waals surface area contributed by atoms with Gasteiger partial charge in [-0.3, -0.25) is 20.2 Å². The Kier molecular flexibility index (Phi) is 5.53. The molecule has 1 N–H and O–H groups in total. The molecule has 0 saturated heterocycles. The number of carbonyl (C=O) groups is 2. The zero-order valence-corrected chi connectivity index (χ0v) is 14.6. The van der Waals surface area contributed by atoms with Gasteiger partial charge in [0, 0.05) is 18.2 Å². The van der Waals surface area contributed by atoms with Crippen molar-refractivity contribution in [2.75, 3.05) is 11.9 Å². The average molecular weight is 383 g/mol. The van der Waals surface area contributed by atoms with Gasteiger partial charge in [-0.15, -0.1) is 0 Å². The molecule has 8 nitrogen and oxygen atoms in total. The number of non-ortho nitro benzene ring substituents is 1. The maximum atomic E-state index is 11.9. The minimum absolute atomic E-state index is 0.0526. The normalized spacial score (nSPS) is 10.8. The lowest BCUT2D eigenvalue weighted by molar-refractivity contribution is -0.384. The van der Waals surface area contributed by atoms with Gasteiger partial charge >= 0.3 is 5.97 Å². The zero-order chi connectivity index (χ0) is 19.2. The molecule has 3 rings (SSSR count). The highest BCUT2D eigenvalue weighted by Crippen LogP contribution is 2.29. The van der Waals surface area contributed by atoms with Crippen molar-refractivity contribution in [2.24, 2.45) is 0 Å². The number of benzene rings is 2. The van der Waals surface area contributed by atoms with Crippen LogP contribution in [0.4, 0.5) is 10.8 Å². The van der Waals surface area contributed by atoms with Gasteiger partial charge in [0.15, 0.2) is 11.7 Å². The number of anilines is 1. The zero-order valence-electron chi connectivity index (χ0n) is 13.8. The number of ether oxygens (including phenoxy) is 1. The quantitative estimate of drug-likeness (QED) is 0.302. The van der Waals surface area contributed by atoms with Crippen molar-refractivity contribution in [1.29, 1.82) is 0 Å². The Morgan fingerprint density at radius 3 is 2.74 bits per heavy atom. The Morgan fingerprint density at radius 2 is 2.00 bits per heavy atom. The number of fused-ring (bicyclic) bond motifs is 1. The van der Waals surface area contributed by atoms with E-state index in [1.165, 1.54) is 24.3 Å². The average Bonchev–Trinajstić information content (AvgIpc) is 3.06. The van der Waals surface area contributed by atoms with Gasteiger partial charge < -0.3 is 4.74 Å². The summed E-state index contributed by atoms with van der Waals surface area (Å²) in [6, 6.07) is 13.4. The minimum Gasteiger partial charge on any atom is -0.452 e. The molecule has 0 aliphatic rings. The van der Waals surface area contributed by atoms with E-state index in [1.54, 1.807) is 6.08 Å². The maximum absolute atomic E-state index is 11.9. The second kappa shape index (κ2) is 8.19. The molecule has 0 bridgehead atoms. The molecule has 1 amide bonds. The molecule has 3 aromatic rings. The van der Waals surface area contributed by atoms with Crippen LogP contribution in [0.2, 0.25) is 0 Å². The molecule has 0 aliphatic heterocycles. The van der Waals surface area contributed by atoms with Crippen molar-refractivity contribution < 1.29 is 19.2 Å². The van der Waals surface area contributed by atoms with E-state index in [9.17, 15) is 19.7 Å². The number of hydrogen-bond acceptors (Lipinski definition) is 7. The Bertz CT molecular complexity index is 1030. The third kappa shape index (κ3) is 4.95. The first kappa shape index (κ1) is 18.2. The molecule has 0 unspecified atom stereocenters. The van der Waals surface area contributed by atoms with Crippen molar-refractivity contribution >= 4 is 50.3 Å². The van der Waals surface area contributed by atoms with Crippen molar-refractivity contribution in [1.82, 2.24) is 4.98 Å². The van der Waals surface area contributed by atoms with E-state index < -0.39 is 23.4 Å². The lowest BCUT2D eigenvalue weighted by atomic mass is 10.2. The Morgan fingerprint density at radius 1 is 1.22 bits per heavy atom. The van der Waals surface area contributed by atoms with Crippen molar-refractivity contribution in [3.05, 3.63) is 70.3 Å². The summed E-state index contributed by atoms with van der Waals surface area (Å²) in [7, 11) is 0. The van der Waals surface area contributed by atoms with Gasteiger partial charge in [0.2, 0.25) is 0 Å². The SMILES string of the molecule is O=C(COC(=O)C=Cc1ccccc1)Nc1nc2ccc([N+](=O)[O-])cc2s1. The smallest absolute Gasteiger partial charge is 0.331 e. The first-order chi connectivity index (χ1) is 13.0. The summed E-state index contributed by atoms with van der Waals surface area (Å²) < 4.78 is 5.44. The van der Waals surface area contributed by atoms with E-state index in [-0.39, 0.29) is 10.8 Å². The van der Waals surface area contributed by atoms with Crippen LogP contribution >= 0.6 is 11.3 Å². The fourth-order valence-corrected chi connectivity index (χ4v) is 3.06. The van der Waals surface area contributed by atoms with Gasteiger partial charge in [0.1, 0.15) is 0 Å². The van der Waals surface area contributed by atoms with Gasteiger partial charge in [0.05, 0.1) is 15.1 Å². The summed E-state index contributed by atoms with van der Waals surface area (Å²) in [5, 5.41) is 13.6. The highest BCUT2D eigenvalue weighted by Gasteiger charge is 2.12. The molecule has 27 heavy (non-hydrogen) atoms. The monoisotopic (exact) mass is 383 g/mol. The van der Waals surface area contributed by atoms with Gasteiger partial charge in [-0.05, 0) is 17.7 Å². The van der Waals surface area contributed by atoms with Crippen molar-refractivity contribution in [3.8, 4) is 0 Å². The number of aromatic nitrogens is 1. The van der Waals surface area contributed by atoms with Crippen molar-refractivity contribution in [3.63, 3.8) is 0 Å². The Hall–Kier alpha value is -3.59. The number of hydrogen-bond donors (Lipinski definition) is 1. The van der Waals surface area contributed by atoms with Crippen LogP contribution in [0.25, 0.3) is 16.3 Å². The summed E-state index contributed by atoms with van der Waals surface area (Å²) in [5.74, 6) is -1.20. The second-order valence-electron chi connectivity index (χ2n) is 5.33. The number of carbonyl (C=O) groups excluding carboxylic acids is 2. The molecule has 2 aromatic carbocycles. The number of nitrogens with zero attached hydrogens (tertiary/aromatic N) is 2. The van der Waals surface area contributed by atoms with Crippen LogP contribution < -0.4 is 5.32 Å². The molecule has 1 aromatic heterocycles. The largest absolute Gasteiger partial charge is 0.452 e. The summed E-state index contributed by atoms with van der Waals surface area (Å²) in [6.45, 7) is -0.464. The molecule has 1 heterocycles. The lowest BCUT2D eigenvalue weighted by Gasteiger charge is -2.01. The van der Waals surface area contributed by atoms with Crippen LogP contribution in [0.15, 0.2) is 54.6 Å². The summed E-state index contributed by atoms with van der Waals surface area (Å²) in [4.78, 5) is 38.0.